The number of carbonyl (C=O) groups is 2. The molecule has 0 bridgehead atoms. The zero-order chi connectivity index (χ0) is 15.5. The van der Waals surface area contributed by atoms with Gasteiger partial charge in [0.2, 0.25) is 5.82 Å². The molecule has 1 amide bonds. The second-order valence-electron chi connectivity index (χ2n) is 4.56. The fraction of sp³-hybridized carbons (Fsp3) is 0.636. The first kappa shape index (κ1) is 14.9. The molecule has 1 aromatic heterocycles. The lowest BCUT2D eigenvalue weighted by atomic mass is 9.92. The first-order valence-corrected chi connectivity index (χ1v) is 6.39. The van der Waals surface area contributed by atoms with E-state index in [-0.39, 0.29) is 12.4 Å². The molecule has 10 nitrogen and oxygen atoms in total. The molecule has 1 N–H and O–H groups in total. The molecule has 2 heterocycles. The van der Waals surface area contributed by atoms with Crippen LogP contribution in [0, 0.1) is 0 Å². The number of hydrazone groups is 1. The topological polar surface area (TPSA) is 123 Å². The summed E-state index contributed by atoms with van der Waals surface area (Å²) < 4.78 is 9.71. The molecule has 1 aliphatic rings. The number of nitrogens with one attached hydrogen (secondary N) is 1. The van der Waals surface area contributed by atoms with Crippen LogP contribution in [0.1, 0.15) is 32.5 Å². The van der Waals surface area contributed by atoms with Crippen LogP contribution in [-0.4, -0.2) is 62.7 Å². The maximum Gasteiger partial charge on any atom is 0.431 e. The van der Waals surface area contributed by atoms with E-state index in [0.29, 0.717) is 18.6 Å². The predicted octanol–water partition coefficient (Wildman–Crippen LogP) is 0.0878. The average molecular weight is 296 g/mol. The Kier molecular flexibility index (Phi) is 4.15. The summed E-state index contributed by atoms with van der Waals surface area (Å²) in [7, 11) is 1.26. The van der Waals surface area contributed by atoms with Gasteiger partial charge in [0.1, 0.15) is 5.71 Å². The average Bonchev–Trinajstić information content (AvgIpc) is 3.01. The summed E-state index contributed by atoms with van der Waals surface area (Å²) >= 11 is 0. The number of hydrogen-bond donors (Lipinski definition) is 1. The second kappa shape index (κ2) is 5.85. The first-order valence-electron chi connectivity index (χ1n) is 6.39. The van der Waals surface area contributed by atoms with Gasteiger partial charge in [-0.05, 0) is 31.9 Å². The van der Waals surface area contributed by atoms with E-state index >= 15 is 0 Å². The molecule has 1 aliphatic heterocycles. The smallest absolute Gasteiger partial charge is 0.431 e. The molecule has 0 saturated carbocycles. The molecule has 0 aromatic carbocycles. The number of methoxy groups -OCH3 is 1. The molecule has 114 valence electrons. The molecule has 1 aromatic rings. The SMILES string of the molecule is CCOC(=O)N1N=C(c2nn[nH]n2)CCC1(C)C(=O)OC. The number of ether oxygens (including phenoxy) is 2. The van der Waals surface area contributed by atoms with Crippen molar-refractivity contribution in [3.05, 3.63) is 5.82 Å². The van der Waals surface area contributed by atoms with Gasteiger partial charge in [-0.1, -0.05) is 0 Å². The lowest BCUT2D eigenvalue weighted by molar-refractivity contribution is -0.154. The maximum absolute atomic E-state index is 12.1. The van der Waals surface area contributed by atoms with Gasteiger partial charge in [0.25, 0.3) is 0 Å². The van der Waals surface area contributed by atoms with Gasteiger partial charge in [-0.2, -0.15) is 15.3 Å². The van der Waals surface area contributed by atoms with E-state index in [0.717, 1.165) is 5.01 Å². The summed E-state index contributed by atoms with van der Waals surface area (Å²) in [6.45, 7) is 3.41. The minimum Gasteiger partial charge on any atom is -0.467 e. The van der Waals surface area contributed by atoms with Gasteiger partial charge in [-0.25, -0.2) is 9.59 Å². The highest BCUT2D eigenvalue weighted by molar-refractivity contribution is 6.00. The molecular weight excluding hydrogens is 280 g/mol. The molecule has 1 unspecified atom stereocenters. The summed E-state index contributed by atoms with van der Waals surface area (Å²) in [6, 6.07) is 0. The number of aromatic nitrogens is 4. The zero-order valence-corrected chi connectivity index (χ0v) is 12.0. The second-order valence-corrected chi connectivity index (χ2v) is 4.56. The number of esters is 1. The fourth-order valence-electron chi connectivity index (χ4n) is 2.02. The molecule has 21 heavy (non-hydrogen) atoms. The standard InChI is InChI=1S/C11H16N6O4/c1-4-21-10(19)17-11(2,9(18)20-3)6-5-7(14-17)8-12-15-16-13-8/h4-6H2,1-3H3,(H,12,13,15,16). The van der Waals surface area contributed by atoms with Crippen LogP contribution in [0.2, 0.25) is 0 Å². The van der Waals surface area contributed by atoms with E-state index in [1.807, 2.05) is 0 Å². The van der Waals surface area contributed by atoms with E-state index < -0.39 is 17.6 Å². The number of rotatable bonds is 3. The van der Waals surface area contributed by atoms with E-state index in [4.69, 9.17) is 9.47 Å². The highest BCUT2D eigenvalue weighted by atomic mass is 16.6. The highest BCUT2D eigenvalue weighted by Crippen LogP contribution is 2.30. The van der Waals surface area contributed by atoms with E-state index in [1.54, 1.807) is 13.8 Å². The Morgan fingerprint density at radius 1 is 1.48 bits per heavy atom. The van der Waals surface area contributed by atoms with Crippen molar-refractivity contribution in [1.29, 1.82) is 0 Å². The van der Waals surface area contributed by atoms with Crippen molar-refractivity contribution in [2.75, 3.05) is 13.7 Å². The number of aromatic amines is 1. The third kappa shape index (κ3) is 2.69. The molecule has 1 atom stereocenters. The number of nitrogens with zero attached hydrogens (tertiary/aromatic N) is 5. The van der Waals surface area contributed by atoms with Crippen molar-refractivity contribution in [2.45, 2.75) is 32.2 Å². The molecule has 0 radical (unpaired) electrons. The lowest BCUT2D eigenvalue weighted by Crippen LogP contribution is -2.55. The maximum atomic E-state index is 12.1. The fourth-order valence-corrected chi connectivity index (χ4v) is 2.02. The zero-order valence-electron chi connectivity index (χ0n) is 12.0. The molecular formula is C11H16N6O4. The summed E-state index contributed by atoms with van der Waals surface area (Å²) in [5.74, 6) is -0.289. The minimum absolute atomic E-state index is 0.166. The van der Waals surface area contributed by atoms with Gasteiger partial charge in [0.15, 0.2) is 5.54 Å². The third-order valence-corrected chi connectivity index (χ3v) is 3.21. The first-order chi connectivity index (χ1) is 10.0. The number of H-pyrrole nitrogens is 1. The summed E-state index contributed by atoms with van der Waals surface area (Å²) in [5.41, 5.74) is -0.785. The third-order valence-electron chi connectivity index (χ3n) is 3.21. The molecule has 0 saturated heterocycles. The summed E-state index contributed by atoms with van der Waals surface area (Å²) in [4.78, 5) is 24.1. The van der Waals surface area contributed by atoms with Gasteiger partial charge >= 0.3 is 12.1 Å². The van der Waals surface area contributed by atoms with Crippen LogP contribution in [-0.2, 0) is 14.3 Å². The predicted molar refractivity (Wildman–Crippen MR) is 69.2 cm³/mol. The molecule has 0 spiro atoms. The van der Waals surface area contributed by atoms with E-state index in [1.165, 1.54) is 7.11 Å². The summed E-state index contributed by atoms with van der Waals surface area (Å²) in [5, 5.41) is 18.5. The Morgan fingerprint density at radius 3 is 2.81 bits per heavy atom. The van der Waals surface area contributed by atoms with Crippen molar-refractivity contribution in [1.82, 2.24) is 25.6 Å². The van der Waals surface area contributed by atoms with Gasteiger partial charge in [-0.3, -0.25) is 0 Å². The Balaban J connectivity index is 2.38. The van der Waals surface area contributed by atoms with Crippen LogP contribution < -0.4 is 0 Å². The Bertz CT molecular complexity index is 557. The largest absolute Gasteiger partial charge is 0.467 e. The highest BCUT2D eigenvalue weighted by Gasteiger charge is 2.47. The number of amides is 1. The van der Waals surface area contributed by atoms with Crippen molar-refractivity contribution >= 4 is 17.8 Å². The molecule has 10 heteroatoms. The van der Waals surface area contributed by atoms with Crippen LogP contribution in [0.5, 0.6) is 0 Å². The molecule has 0 aliphatic carbocycles. The van der Waals surface area contributed by atoms with Crippen LogP contribution in [0.15, 0.2) is 5.10 Å². The number of tetrazole rings is 1. The summed E-state index contributed by atoms with van der Waals surface area (Å²) in [6.07, 6.45) is -0.0153. The number of carbonyl (C=O) groups excluding carboxylic acids is 2. The van der Waals surface area contributed by atoms with Crippen molar-refractivity contribution < 1.29 is 19.1 Å². The van der Waals surface area contributed by atoms with Crippen LogP contribution >= 0.6 is 0 Å². The molecule has 2 rings (SSSR count). The lowest BCUT2D eigenvalue weighted by Gasteiger charge is -2.37. The van der Waals surface area contributed by atoms with E-state index in [9.17, 15) is 9.59 Å². The Hall–Kier alpha value is -2.52. The van der Waals surface area contributed by atoms with Crippen molar-refractivity contribution in [3.8, 4) is 0 Å². The van der Waals surface area contributed by atoms with Gasteiger partial charge in [0, 0.05) is 0 Å². The minimum atomic E-state index is -1.23. The quantitative estimate of drug-likeness (QED) is 0.784. The Labute approximate surface area is 120 Å². The van der Waals surface area contributed by atoms with Gasteiger partial charge < -0.3 is 9.47 Å². The monoisotopic (exact) mass is 296 g/mol. The van der Waals surface area contributed by atoms with Crippen LogP contribution in [0.4, 0.5) is 4.79 Å². The van der Waals surface area contributed by atoms with Gasteiger partial charge in [-0.15, -0.1) is 10.2 Å². The Morgan fingerprint density at radius 2 is 2.24 bits per heavy atom. The molecule has 0 fully saturated rings. The van der Waals surface area contributed by atoms with Crippen molar-refractivity contribution in [3.63, 3.8) is 0 Å². The van der Waals surface area contributed by atoms with E-state index in [2.05, 4.69) is 25.7 Å². The number of hydrogen-bond acceptors (Lipinski definition) is 8. The normalized spacial score (nSPS) is 21.7. The van der Waals surface area contributed by atoms with Crippen molar-refractivity contribution in [2.24, 2.45) is 5.10 Å². The van der Waals surface area contributed by atoms with Crippen LogP contribution in [0.3, 0.4) is 0 Å². The van der Waals surface area contributed by atoms with Gasteiger partial charge in [0.05, 0.1) is 13.7 Å². The van der Waals surface area contributed by atoms with Crippen LogP contribution in [0.25, 0.3) is 0 Å².